The zero-order chi connectivity index (χ0) is 25.8. The molecule has 0 spiro atoms. The highest BCUT2D eigenvalue weighted by Crippen LogP contribution is 2.37. The molecule has 0 aliphatic carbocycles. The number of fused-ring (bicyclic) bond motifs is 1. The molecule has 1 atom stereocenters. The molecule has 35 heavy (non-hydrogen) atoms. The molecular formula is C21H29ClN7O5P. The van der Waals surface area contributed by atoms with Crippen LogP contribution in [0.4, 0.5) is 11.6 Å². The molecule has 0 saturated carbocycles. The van der Waals surface area contributed by atoms with Crippen molar-refractivity contribution < 1.29 is 28.1 Å². The van der Waals surface area contributed by atoms with Crippen LogP contribution in [0.15, 0.2) is 18.2 Å². The molecule has 1 amide bonds. The largest absolute Gasteiger partial charge is 0.778 e. The average molecular weight is 526 g/mol. The van der Waals surface area contributed by atoms with Crippen LogP contribution in [0, 0.1) is 0 Å². The number of halogens is 1. The minimum absolute atomic E-state index is 0.0682. The third kappa shape index (κ3) is 6.02. The van der Waals surface area contributed by atoms with Crippen molar-refractivity contribution in [2.45, 2.75) is 39.9 Å². The molecule has 0 radical (unpaired) electrons. The molecule has 3 rings (SSSR count). The number of nitrogens with one attached hydrogen (secondary N) is 1. The van der Waals surface area contributed by atoms with Crippen LogP contribution in [-0.4, -0.2) is 40.3 Å². The van der Waals surface area contributed by atoms with Crippen molar-refractivity contribution >= 4 is 47.8 Å². The first kappa shape index (κ1) is 26.7. The summed E-state index contributed by atoms with van der Waals surface area (Å²) in [5, 5.41) is 2.68. The van der Waals surface area contributed by atoms with Gasteiger partial charge in [0.15, 0.2) is 33.5 Å². The number of hydrogen-bond acceptors (Lipinski definition) is 9. The van der Waals surface area contributed by atoms with E-state index in [0.29, 0.717) is 25.3 Å². The van der Waals surface area contributed by atoms with Gasteiger partial charge in [0, 0.05) is 12.2 Å². The Hall–Kier alpha value is -2.92. The molecular weight excluding hydrogens is 497 g/mol. The van der Waals surface area contributed by atoms with E-state index in [0.717, 1.165) is 16.9 Å². The van der Waals surface area contributed by atoms with E-state index in [4.69, 9.17) is 32.3 Å². The lowest BCUT2D eigenvalue weighted by Gasteiger charge is -2.21. The number of nitrogens with zero attached hydrogens (tertiary/aromatic N) is 4. The standard InChI is InChI=1S/C21H29ClN7O5P/c1-4-28-15-11-13(33-3)7-8-14(15)29(9-6-10-35(31,32)34-5-2)16(28)12-25-21(30)17-19(23)27-20(24)18(22)26-17/h7-8,11H,4-6,9-10,12H2,1-3H3,(H5-,23,24,25,27,30,31,32). The van der Waals surface area contributed by atoms with Gasteiger partial charge in [0.1, 0.15) is 19.9 Å². The topological polar surface area (TPSA) is 174 Å². The lowest BCUT2D eigenvalue weighted by molar-refractivity contribution is -0.680. The Labute approximate surface area is 207 Å². The predicted molar refractivity (Wildman–Crippen MR) is 130 cm³/mol. The van der Waals surface area contributed by atoms with Crippen molar-refractivity contribution in [2.24, 2.45) is 0 Å². The van der Waals surface area contributed by atoms with E-state index < -0.39 is 13.5 Å². The summed E-state index contributed by atoms with van der Waals surface area (Å²) in [7, 11) is -2.33. The molecule has 0 fully saturated rings. The van der Waals surface area contributed by atoms with Crippen LogP contribution in [0.3, 0.4) is 0 Å². The van der Waals surface area contributed by atoms with Crippen LogP contribution < -0.4 is 31.0 Å². The fraction of sp³-hybridized carbons (Fsp3) is 0.429. The van der Waals surface area contributed by atoms with Gasteiger partial charge in [0.25, 0.3) is 11.7 Å². The van der Waals surface area contributed by atoms with Crippen LogP contribution in [0.25, 0.3) is 11.0 Å². The molecule has 190 valence electrons. The Balaban J connectivity index is 1.94. The molecule has 5 N–H and O–H groups in total. The summed E-state index contributed by atoms with van der Waals surface area (Å²) in [6.07, 6.45) is 0.220. The van der Waals surface area contributed by atoms with Gasteiger partial charge in [-0.2, -0.15) is 0 Å². The molecule has 1 aromatic carbocycles. The number of nitrogen functional groups attached to an aromatic ring is 2. The van der Waals surface area contributed by atoms with E-state index in [1.165, 1.54) is 0 Å². The number of carbonyl (C=O) groups excluding carboxylic acids is 1. The van der Waals surface area contributed by atoms with E-state index in [2.05, 4.69) is 15.3 Å². The monoisotopic (exact) mass is 525 g/mol. The highest BCUT2D eigenvalue weighted by molar-refractivity contribution is 7.51. The third-order valence-corrected chi connectivity index (χ3v) is 7.16. The maximum Gasteiger partial charge on any atom is 0.277 e. The van der Waals surface area contributed by atoms with Gasteiger partial charge >= 0.3 is 0 Å². The van der Waals surface area contributed by atoms with Crippen LogP contribution in [0.2, 0.25) is 5.15 Å². The summed E-state index contributed by atoms with van der Waals surface area (Å²) >= 11 is 5.91. The van der Waals surface area contributed by atoms with Gasteiger partial charge in [-0.15, -0.1) is 0 Å². The smallest absolute Gasteiger partial charge is 0.277 e. The fourth-order valence-corrected chi connectivity index (χ4v) is 5.01. The third-order valence-electron chi connectivity index (χ3n) is 5.37. The van der Waals surface area contributed by atoms with Crippen LogP contribution >= 0.6 is 19.2 Å². The molecule has 0 bridgehead atoms. The molecule has 3 aromatic rings. The van der Waals surface area contributed by atoms with Gasteiger partial charge in [0.05, 0.1) is 26.8 Å². The first-order valence-corrected chi connectivity index (χ1v) is 13.1. The number of amides is 1. The van der Waals surface area contributed by atoms with Gasteiger partial charge in [-0.25, -0.2) is 19.1 Å². The number of nitrogens with two attached hydrogens (primary N) is 2. The van der Waals surface area contributed by atoms with Crippen molar-refractivity contribution in [3.8, 4) is 5.75 Å². The first-order valence-electron chi connectivity index (χ1n) is 11.0. The van der Waals surface area contributed by atoms with Gasteiger partial charge in [-0.05, 0) is 32.4 Å². The molecule has 0 saturated heterocycles. The number of ether oxygens (including phenoxy) is 1. The minimum Gasteiger partial charge on any atom is -0.778 e. The van der Waals surface area contributed by atoms with Crippen LogP contribution in [0.1, 0.15) is 36.6 Å². The highest BCUT2D eigenvalue weighted by atomic mass is 35.5. The number of aromatic nitrogens is 4. The zero-order valence-corrected chi connectivity index (χ0v) is 21.4. The summed E-state index contributed by atoms with van der Waals surface area (Å²) in [4.78, 5) is 32.6. The van der Waals surface area contributed by atoms with E-state index in [9.17, 15) is 14.3 Å². The number of methoxy groups -OCH3 is 1. The molecule has 2 heterocycles. The molecule has 0 aliphatic heterocycles. The normalized spacial score (nSPS) is 13.1. The SMILES string of the molecule is CCOP(=O)([O-])CCC[n+]1c(CNC(=O)c2nc(Cl)c(N)nc2N)n(CC)c2cc(OC)ccc21. The van der Waals surface area contributed by atoms with Crippen LogP contribution in [-0.2, 0) is 28.7 Å². The number of benzene rings is 1. The van der Waals surface area contributed by atoms with Gasteiger partial charge in [0.2, 0.25) is 0 Å². The minimum atomic E-state index is -3.92. The second kappa shape index (κ2) is 11.2. The molecule has 1 unspecified atom stereocenters. The Bertz CT molecular complexity index is 1280. The van der Waals surface area contributed by atoms with Gasteiger partial charge < -0.3 is 35.5 Å². The number of rotatable bonds is 11. The Morgan fingerprint density at radius 3 is 2.69 bits per heavy atom. The number of anilines is 2. The van der Waals surface area contributed by atoms with Gasteiger partial charge in [-0.3, -0.25) is 4.79 Å². The zero-order valence-electron chi connectivity index (χ0n) is 19.8. The maximum atomic E-state index is 12.8. The summed E-state index contributed by atoms with van der Waals surface area (Å²) in [5.41, 5.74) is 13.0. The van der Waals surface area contributed by atoms with Crippen LogP contribution in [0.5, 0.6) is 5.75 Å². The maximum absolute atomic E-state index is 12.8. The molecule has 2 aromatic heterocycles. The summed E-state index contributed by atoms with van der Waals surface area (Å²) in [5.74, 6) is 0.637. The van der Waals surface area contributed by atoms with Gasteiger partial charge in [-0.1, -0.05) is 11.6 Å². The average Bonchev–Trinajstić information content (AvgIpc) is 3.11. The number of hydrogen-bond donors (Lipinski definition) is 3. The molecule has 14 heteroatoms. The number of imidazole rings is 1. The molecule has 12 nitrogen and oxygen atoms in total. The van der Waals surface area contributed by atoms with E-state index >= 15 is 0 Å². The Morgan fingerprint density at radius 1 is 1.29 bits per heavy atom. The summed E-state index contributed by atoms with van der Waals surface area (Å²) in [6.45, 7) is 4.79. The van der Waals surface area contributed by atoms with Crippen molar-refractivity contribution in [1.82, 2.24) is 19.9 Å². The fourth-order valence-electron chi connectivity index (χ4n) is 3.83. The van der Waals surface area contributed by atoms with E-state index in [-0.39, 0.29) is 41.8 Å². The lowest BCUT2D eigenvalue weighted by atomic mass is 10.3. The number of aryl methyl sites for hydroxylation is 2. The lowest BCUT2D eigenvalue weighted by Crippen LogP contribution is -2.42. The van der Waals surface area contributed by atoms with Crippen molar-refractivity contribution in [3.63, 3.8) is 0 Å². The van der Waals surface area contributed by atoms with Crippen molar-refractivity contribution in [1.29, 1.82) is 0 Å². The molecule has 0 aliphatic rings. The Morgan fingerprint density at radius 2 is 2.03 bits per heavy atom. The van der Waals surface area contributed by atoms with E-state index in [1.807, 2.05) is 34.3 Å². The van der Waals surface area contributed by atoms with Crippen molar-refractivity contribution in [2.75, 3.05) is 31.3 Å². The second-order valence-corrected chi connectivity index (χ2v) is 9.87. The first-order chi connectivity index (χ1) is 16.6. The summed E-state index contributed by atoms with van der Waals surface area (Å²) < 4.78 is 26.3. The Kier molecular flexibility index (Phi) is 8.55. The highest BCUT2D eigenvalue weighted by Gasteiger charge is 2.26. The quantitative estimate of drug-likeness (QED) is 0.247. The van der Waals surface area contributed by atoms with Crippen molar-refractivity contribution in [3.05, 3.63) is 34.9 Å². The summed E-state index contributed by atoms with van der Waals surface area (Å²) in [6, 6.07) is 5.61. The predicted octanol–water partition coefficient (Wildman–Crippen LogP) is 1.48. The number of carbonyl (C=O) groups is 1. The van der Waals surface area contributed by atoms with E-state index in [1.54, 1.807) is 14.0 Å². The second-order valence-electron chi connectivity index (χ2n) is 7.59.